The predicted molar refractivity (Wildman–Crippen MR) is 112 cm³/mol. The molecule has 7 heteroatoms. The fraction of sp³-hybridized carbons (Fsp3) is 0.333. The van der Waals surface area contributed by atoms with Crippen molar-refractivity contribution in [2.24, 2.45) is 11.1 Å². The summed E-state index contributed by atoms with van der Waals surface area (Å²) < 4.78 is 0. The van der Waals surface area contributed by atoms with E-state index in [0.717, 1.165) is 29.7 Å². The Balaban J connectivity index is 1.44. The number of hydrogen-bond acceptors (Lipinski definition) is 3. The summed E-state index contributed by atoms with van der Waals surface area (Å²) in [4.78, 5) is 20.3. The van der Waals surface area contributed by atoms with Gasteiger partial charge < -0.3 is 9.74 Å². The van der Waals surface area contributed by atoms with Crippen LogP contribution >= 0.6 is 34.8 Å². The van der Waals surface area contributed by atoms with Crippen LogP contribution in [0.5, 0.6) is 0 Å². The summed E-state index contributed by atoms with van der Waals surface area (Å²) in [6, 6.07) is 13.0. The van der Waals surface area contributed by atoms with Crippen molar-refractivity contribution in [1.29, 1.82) is 0 Å². The minimum Gasteiger partial charge on any atom is -0.390 e. The molecule has 1 saturated carbocycles. The van der Waals surface area contributed by atoms with Crippen LogP contribution in [0.2, 0.25) is 15.1 Å². The van der Waals surface area contributed by atoms with Crippen LogP contribution in [-0.4, -0.2) is 29.2 Å². The summed E-state index contributed by atoms with van der Waals surface area (Å²) in [5, 5.41) is 5.86. The highest BCUT2D eigenvalue weighted by Gasteiger charge is 2.35. The Morgan fingerprint density at radius 2 is 1.93 bits per heavy atom. The second kappa shape index (κ2) is 8.32. The van der Waals surface area contributed by atoms with Gasteiger partial charge in [0.25, 0.3) is 0 Å². The van der Waals surface area contributed by atoms with Crippen molar-refractivity contribution in [2.45, 2.75) is 31.9 Å². The Hall–Kier alpha value is -1.75. The lowest BCUT2D eigenvalue weighted by molar-refractivity contribution is -0.135. The number of amides is 1. The molecule has 1 amide bonds. The molecule has 0 saturated heterocycles. The Bertz CT molecular complexity index is 928. The van der Waals surface area contributed by atoms with Crippen LogP contribution in [0.4, 0.5) is 0 Å². The number of nitrogens with zero attached hydrogens (tertiary/aromatic N) is 2. The third kappa shape index (κ3) is 4.62. The molecule has 1 fully saturated rings. The van der Waals surface area contributed by atoms with Crippen LogP contribution in [0.25, 0.3) is 0 Å². The molecule has 1 heterocycles. The molecule has 0 aromatic heterocycles. The smallest absolute Gasteiger partial charge is 0.226 e. The highest BCUT2D eigenvalue weighted by atomic mass is 35.5. The van der Waals surface area contributed by atoms with Crippen molar-refractivity contribution in [2.75, 3.05) is 6.54 Å². The summed E-state index contributed by atoms with van der Waals surface area (Å²) in [7, 11) is 0. The van der Waals surface area contributed by atoms with Crippen LogP contribution in [0.1, 0.15) is 30.4 Å². The van der Waals surface area contributed by atoms with Gasteiger partial charge in [-0.3, -0.25) is 4.79 Å². The number of benzene rings is 2. The highest BCUT2D eigenvalue weighted by molar-refractivity contribution is 6.42. The third-order valence-corrected chi connectivity index (χ3v) is 5.88. The first kappa shape index (κ1) is 19.6. The maximum atomic E-state index is 12.8. The molecule has 0 unspecified atom stereocenters. The summed E-state index contributed by atoms with van der Waals surface area (Å²) in [6.07, 6.45) is 2.34. The van der Waals surface area contributed by atoms with E-state index in [9.17, 15) is 4.79 Å². The average molecular weight is 438 g/mol. The van der Waals surface area contributed by atoms with Gasteiger partial charge >= 0.3 is 0 Å². The summed E-state index contributed by atoms with van der Waals surface area (Å²) in [5.41, 5.74) is 2.70. The quantitative estimate of drug-likeness (QED) is 0.592. The van der Waals surface area contributed by atoms with Crippen molar-refractivity contribution in [3.8, 4) is 0 Å². The van der Waals surface area contributed by atoms with Crippen molar-refractivity contribution in [3.05, 3.63) is 68.7 Å². The lowest BCUT2D eigenvalue weighted by atomic mass is 10.0. The van der Waals surface area contributed by atoms with Crippen LogP contribution in [0.3, 0.4) is 0 Å². The molecule has 2 aromatic rings. The largest absolute Gasteiger partial charge is 0.390 e. The molecule has 0 radical (unpaired) electrons. The summed E-state index contributed by atoms with van der Waals surface area (Å²) >= 11 is 18.2. The van der Waals surface area contributed by atoms with E-state index in [4.69, 9.17) is 39.6 Å². The molecule has 1 aliphatic carbocycles. The van der Waals surface area contributed by atoms with E-state index in [1.807, 2.05) is 35.2 Å². The van der Waals surface area contributed by atoms with E-state index in [-0.39, 0.29) is 17.9 Å². The molecule has 1 atom stereocenters. The Labute approximate surface area is 179 Å². The van der Waals surface area contributed by atoms with E-state index < -0.39 is 0 Å². The number of carbonyl (C=O) groups is 1. The molecular weight excluding hydrogens is 419 g/mol. The molecule has 4 nitrogen and oxygen atoms in total. The van der Waals surface area contributed by atoms with E-state index >= 15 is 0 Å². The molecule has 146 valence electrons. The van der Waals surface area contributed by atoms with Crippen molar-refractivity contribution >= 4 is 46.4 Å². The monoisotopic (exact) mass is 436 g/mol. The Morgan fingerprint density at radius 3 is 2.64 bits per heavy atom. The SMILES string of the molecule is O=C(C1CC1)N(Cc1cccc(Cl)c1)C[C@@H]1CC(c2ccc(Cl)c(Cl)c2)=NO1. The molecule has 0 spiro atoms. The number of halogens is 3. The molecule has 4 rings (SSSR count). The number of hydrogen-bond donors (Lipinski definition) is 0. The lowest BCUT2D eigenvalue weighted by Gasteiger charge is -2.25. The zero-order valence-corrected chi connectivity index (χ0v) is 17.3. The highest BCUT2D eigenvalue weighted by Crippen LogP contribution is 2.32. The Morgan fingerprint density at radius 1 is 1.11 bits per heavy atom. The van der Waals surface area contributed by atoms with Gasteiger partial charge in [-0.25, -0.2) is 0 Å². The second-order valence-corrected chi connectivity index (χ2v) is 8.47. The maximum absolute atomic E-state index is 12.8. The van der Waals surface area contributed by atoms with Gasteiger partial charge in [0.05, 0.1) is 22.3 Å². The average Bonchev–Trinajstić information content (AvgIpc) is 3.42. The van der Waals surface area contributed by atoms with Gasteiger partial charge in [-0.1, -0.05) is 58.2 Å². The van der Waals surface area contributed by atoms with E-state index in [1.165, 1.54) is 0 Å². The zero-order chi connectivity index (χ0) is 19.7. The summed E-state index contributed by atoms with van der Waals surface area (Å²) in [5.74, 6) is 0.308. The van der Waals surface area contributed by atoms with E-state index in [1.54, 1.807) is 12.1 Å². The number of rotatable bonds is 6. The van der Waals surface area contributed by atoms with E-state index in [2.05, 4.69) is 5.16 Å². The van der Waals surface area contributed by atoms with Gasteiger partial charge in [-0.05, 0) is 42.7 Å². The van der Waals surface area contributed by atoms with Crippen LogP contribution in [0.15, 0.2) is 47.6 Å². The van der Waals surface area contributed by atoms with Crippen molar-refractivity contribution in [1.82, 2.24) is 4.90 Å². The van der Waals surface area contributed by atoms with Gasteiger partial charge in [-0.2, -0.15) is 0 Å². The fourth-order valence-corrected chi connectivity index (χ4v) is 3.81. The first-order valence-electron chi connectivity index (χ1n) is 9.21. The third-order valence-electron chi connectivity index (χ3n) is 4.91. The standard InChI is InChI=1S/C21H19Cl3N2O2/c22-16-3-1-2-13(8-16)11-26(21(27)14-4-5-14)12-17-10-20(25-28-17)15-6-7-18(23)19(24)9-15/h1-3,6-9,14,17H,4-5,10-12H2/t17-/m0/s1. The van der Waals surface area contributed by atoms with Crippen molar-refractivity contribution < 1.29 is 9.63 Å². The van der Waals surface area contributed by atoms with Crippen LogP contribution in [0, 0.1) is 5.92 Å². The first-order valence-corrected chi connectivity index (χ1v) is 10.3. The topological polar surface area (TPSA) is 41.9 Å². The molecule has 1 aliphatic heterocycles. The maximum Gasteiger partial charge on any atom is 0.226 e. The predicted octanol–water partition coefficient (Wildman–Crippen LogP) is 5.58. The second-order valence-electron chi connectivity index (χ2n) is 7.22. The van der Waals surface area contributed by atoms with Crippen LogP contribution < -0.4 is 0 Å². The molecule has 0 bridgehead atoms. The zero-order valence-electron chi connectivity index (χ0n) is 15.1. The minimum atomic E-state index is -0.189. The normalized spacial score (nSPS) is 18.5. The molecule has 2 aromatic carbocycles. The van der Waals surface area contributed by atoms with Gasteiger partial charge in [0, 0.05) is 29.5 Å². The number of oxime groups is 1. The molecule has 28 heavy (non-hydrogen) atoms. The summed E-state index contributed by atoms with van der Waals surface area (Å²) in [6.45, 7) is 0.994. The van der Waals surface area contributed by atoms with Gasteiger partial charge in [0.1, 0.15) is 0 Å². The Kier molecular flexibility index (Phi) is 5.81. The molecular formula is C21H19Cl3N2O2. The number of carbonyl (C=O) groups excluding carboxylic acids is 1. The first-order chi connectivity index (χ1) is 13.5. The van der Waals surface area contributed by atoms with E-state index in [0.29, 0.717) is 34.6 Å². The lowest BCUT2D eigenvalue weighted by Crippen LogP contribution is -2.38. The van der Waals surface area contributed by atoms with Gasteiger partial charge in [0.15, 0.2) is 6.10 Å². The molecule has 2 aliphatic rings. The van der Waals surface area contributed by atoms with Crippen molar-refractivity contribution in [3.63, 3.8) is 0 Å². The van der Waals surface area contributed by atoms with Gasteiger partial charge in [0.2, 0.25) is 5.91 Å². The minimum absolute atomic E-state index is 0.135. The molecule has 0 N–H and O–H groups in total. The fourth-order valence-electron chi connectivity index (χ4n) is 3.29. The van der Waals surface area contributed by atoms with Gasteiger partial charge in [-0.15, -0.1) is 0 Å². The van der Waals surface area contributed by atoms with Crippen LogP contribution in [-0.2, 0) is 16.2 Å².